The fraction of sp³-hybridized carbons (Fsp3) is 0.133. The number of imidazole rings is 1. The van der Waals surface area contributed by atoms with Gasteiger partial charge in [-0.1, -0.05) is 12.1 Å². The highest BCUT2D eigenvalue weighted by atomic mass is 16.5. The van der Waals surface area contributed by atoms with Crippen LogP contribution in [0.5, 0.6) is 0 Å². The van der Waals surface area contributed by atoms with Gasteiger partial charge in [-0.2, -0.15) is 10.1 Å². The zero-order valence-corrected chi connectivity index (χ0v) is 13.1. The lowest BCUT2D eigenvalue weighted by molar-refractivity contribution is 0.0594. The van der Waals surface area contributed by atoms with Gasteiger partial charge in [0.2, 0.25) is 0 Å². The van der Waals surface area contributed by atoms with Crippen LogP contribution in [0.3, 0.4) is 0 Å². The van der Waals surface area contributed by atoms with Crippen molar-refractivity contribution in [1.82, 2.24) is 24.7 Å². The molecule has 0 saturated heterocycles. The second kappa shape index (κ2) is 4.90. The fourth-order valence-corrected chi connectivity index (χ4v) is 3.02. The van der Waals surface area contributed by atoms with Crippen molar-refractivity contribution in [1.29, 1.82) is 0 Å². The first-order valence-electron chi connectivity index (χ1n) is 7.53. The molecule has 0 saturated carbocycles. The predicted molar refractivity (Wildman–Crippen MR) is 87.0 cm³/mol. The summed E-state index contributed by atoms with van der Waals surface area (Å²) in [6.07, 6.45) is 5.01. The van der Waals surface area contributed by atoms with Crippen LogP contribution in [0.15, 0.2) is 48.0 Å². The summed E-state index contributed by atoms with van der Waals surface area (Å²) in [5.74, 6) is 1.07. The Labute approximate surface area is 141 Å². The molecule has 2 aliphatic rings. The molecule has 3 aromatic rings. The Kier molecular flexibility index (Phi) is 2.69. The molecule has 5 rings (SSSR count). The van der Waals surface area contributed by atoms with Gasteiger partial charge in [-0.3, -0.25) is 4.57 Å². The smallest absolute Gasteiger partial charge is 0.360 e. The van der Waals surface area contributed by atoms with E-state index in [4.69, 9.17) is 0 Å². The molecule has 0 bridgehead atoms. The van der Waals surface area contributed by atoms with Crippen LogP contribution < -0.4 is 10.1 Å². The minimum Gasteiger partial charge on any atom is -0.464 e. The lowest BCUT2D eigenvalue weighted by atomic mass is 10.1. The highest BCUT2D eigenvalue weighted by Crippen LogP contribution is 2.33. The number of aromatic nitrogens is 5. The third kappa shape index (κ3) is 1.81. The van der Waals surface area contributed by atoms with E-state index >= 15 is 0 Å². The Balaban J connectivity index is 1.61. The van der Waals surface area contributed by atoms with Gasteiger partial charge in [-0.15, -0.1) is 9.89 Å². The molecule has 0 N–H and O–H groups in total. The number of carbonyl (C=O) groups is 1. The van der Waals surface area contributed by atoms with E-state index in [1.807, 2.05) is 33.8 Å². The number of aliphatic imine (C=N–C) groups is 1. The van der Waals surface area contributed by atoms with Crippen LogP contribution in [0, 0.1) is 0 Å². The molecular weight excluding hydrogens is 324 g/mol. The van der Waals surface area contributed by atoms with E-state index in [0.717, 1.165) is 22.9 Å². The number of esters is 1. The van der Waals surface area contributed by atoms with E-state index in [1.165, 1.54) is 18.1 Å². The highest BCUT2D eigenvalue weighted by Gasteiger charge is 2.37. The number of hydrogen-bond acceptors (Lipinski definition) is 8. The van der Waals surface area contributed by atoms with E-state index in [-0.39, 0.29) is 5.69 Å². The first-order chi connectivity index (χ1) is 12.3. The third-order valence-corrected chi connectivity index (χ3v) is 4.13. The second-order valence-electron chi connectivity index (χ2n) is 5.46. The van der Waals surface area contributed by atoms with Gasteiger partial charge in [-0.25, -0.2) is 14.8 Å². The third-order valence-electron chi connectivity index (χ3n) is 4.13. The minimum absolute atomic E-state index is 0.127. The Morgan fingerprint density at radius 2 is 2.16 bits per heavy atom. The summed E-state index contributed by atoms with van der Waals surface area (Å²) in [4.78, 5) is 22.0. The zero-order chi connectivity index (χ0) is 17.0. The Hall–Kier alpha value is -3.69. The number of methoxy groups -OCH3 is 1. The molecule has 1 aromatic carbocycles. The number of hydrogen-bond donors (Lipinski definition) is 0. The van der Waals surface area contributed by atoms with Crippen LogP contribution in [0.25, 0.3) is 5.69 Å². The van der Waals surface area contributed by atoms with Gasteiger partial charge in [0.25, 0.3) is 0 Å². The summed E-state index contributed by atoms with van der Waals surface area (Å²) < 4.78 is 6.66. The zero-order valence-electron chi connectivity index (χ0n) is 13.1. The topological polar surface area (TPSA) is 93.7 Å². The largest absolute Gasteiger partial charge is 0.464 e. The predicted octanol–water partition coefficient (Wildman–Crippen LogP) is 0.341. The molecule has 0 spiro atoms. The average Bonchev–Trinajstić information content (AvgIpc) is 3.38. The molecule has 10 nitrogen and oxygen atoms in total. The van der Waals surface area contributed by atoms with Crippen molar-refractivity contribution in [3.05, 3.63) is 54.2 Å². The maximum atomic E-state index is 11.6. The number of ether oxygens (including phenoxy) is 1. The van der Waals surface area contributed by atoms with Gasteiger partial charge in [0.15, 0.2) is 24.0 Å². The van der Waals surface area contributed by atoms with E-state index in [9.17, 15) is 4.79 Å². The van der Waals surface area contributed by atoms with Crippen LogP contribution in [-0.2, 0) is 4.74 Å². The molecular formula is C15H12N8O2. The minimum atomic E-state index is -0.541. The maximum Gasteiger partial charge on any atom is 0.360 e. The summed E-state index contributed by atoms with van der Waals surface area (Å²) in [5, 5.41) is 11.5. The van der Waals surface area contributed by atoms with E-state index < -0.39 is 5.97 Å². The van der Waals surface area contributed by atoms with Crippen molar-refractivity contribution in [2.75, 3.05) is 23.9 Å². The number of para-hydroxylation sites is 1. The quantitative estimate of drug-likeness (QED) is 0.623. The van der Waals surface area contributed by atoms with Crippen LogP contribution in [-0.4, -0.2) is 50.2 Å². The fourth-order valence-electron chi connectivity index (χ4n) is 3.02. The summed E-state index contributed by atoms with van der Waals surface area (Å²) in [5.41, 5.74) is 2.13. The number of rotatable bonds is 2. The molecule has 0 amide bonds. The van der Waals surface area contributed by atoms with Crippen molar-refractivity contribution in [2.24, 2.45) is 4.99 Å². The van der Waals surface area contributed by atoms with Crippen molar-refractivity contribution in [3.8, 4) is 5.69 Å². The molecule has 2 aliphatic heterocycles. The lowest BCUT2D eigenvalue weighted by Crippen LogP contribution is -2.51. The first-order valence-corrected chi connectivity index (χ1v) is 7.53. The van der Waals surface area contributed by atoms with Gasteiger partial charge in [0.05, 0.1) is 25.2 Å². The normalized spacial score (nSPS) is 14.7. The first kappa shape index (κ1) is 13.7. The van der Waals surface area contributed by atoms with Gasteiger partial charge in [0, 0.05) is 5.56 Å². The molecule has 2 aromatic heterocycles. The van der Waals surface area contributed by atoms with Crippen molar-refractivity contribution < 1.29 is 9.53 Å². The van der Waals surface area contributed by atoms with Crippen molar-refractivity contribution in [3.63, 3.8) is 0 Å². The van der Waals surface area contributed by atoms with E-state index in [2.05, 4.69) is 25.0 Å². The Morgan fingerprint density at radius 3 is 3.04 bits per heavy atom. The second-order valence-corrected chi connectivity index (χ2v) is 5.46. The molecule has 0 radical (unpaired) electrons. The number of fused-ring (bicyclic) bond motifs is 6. The summed E-state index contributed by atoms with van der Waals surface area (Å²) in [6, 6.07) is 7.98. The number of nitrogens with zero attached hydrogens (tertiary/aromatic N) is 8. The van der Waals surface area contributed by atoms with Crippen LogP contribution in [0.4, 0.5) is 5.82 Å². The lowest BCUT2D eigenvalue weighted by Gasteiger charge is -2.34. The Bertz CT molecular complexity index is 1020. The standard InChI is InChI=1S/C15H12N8O2/c1-25-15(24)11-7-21(19-18-11)22-9-17-14-10-4-2-3-5-12(10)20-8-16-6-13(20)23(14)22/h2-8H,9H2,1H3. The number of hydrazine groups is 1. The molecule has 25 heavy (non-hydrogen) atoms. The molecule has 0 aliphatic carbocycles. The maximum absolute atomic E-state index is 11.6. The van der Waals surface area contributed by atoms with Crippen molar-refractivity contribution in [2.45, 2.75) is 0 Å². The SMILES string of the molecule is COC(=O)c1cn(N2CN=C3c4ccccc4-n4cncc4N32)nn1. The van der Waals surface area contributed by atoms with Crippen molar-refractivity contribution >= 4 is 17.6 Å². The van der Waals surface area contributed by atoms with Gasteiger partial charge < -0.3 is 4.74 Å². The van der Waals surface area contributed by atoms with Gasteiger partial charge in [-0.05, 0) is 17.3 Å². The van der Waals surface area contributed by atoms with Crippen LogP contribution in [0.2, 0.25) is 0 Å². The molecule has 124 valence electrons. The van der Waals surface area contributed by atoms with E-state index in [1.54, 1.807) is 17.6 Å². The summed E-state index contributed by atoms with van der Waals surface area (Å²) in [6.45, 7) is 0.332. The molecule has 10 heteroatoms. The van der Waals surface area contributed by atoms with Gasteiger partial charge in [0.1, 0.15) is 6.33 Å². The summed E-state index contributed by atoms with van der Waals surface area (Å²) >= 11 is 0. The van der Waals surface area contributed by atoms with Gasteiger partial charge >= 0.3 is 5.97 Å². The average molecular weight is 336 g/mol. The number of carbonyl (C=O) groups excluding carboxylic acids is 1. The van der Waals surface area contributed by atoms with Crippen LogP contribution >= 0.6 is 0 Å². The molecule has 0 unspecified atom stereocenters. The van der Waals surface area contributed by atoms with Crippen LogP contribution in [0.1, 0.15) is 16.1 Å². The van der Waals surface area contributed by atoms with E-state index in [0.29, 0.717) is 6.67 Å². The molecule has 4 heterocycles. The number of benzene rings is 1. The Morgan fingerprint density at radius 1 is 1.28 bits per heavy atom. The summed E-state index contributed by atoms with van der Waals surface area (Å²) in [7, 11) is 1.30. The number of amidine groups is 1. The highest BCUT2D eigenvalue weighted by molar-refractivity contribution is 6.15. The number of anilines is 1. The monoisotopic (exact) mass is 336 g/mol. The molecule has 0 atom stereocenters. The molecule has 0 fully saturated rings.